The Bertz CT molecular complexity index is 818. The number of hydrogen-bond donors (Lipinski definition) is 1. The van der Waals surface area contributed by atoms with Crippen molar-refractivity contribution in [2.24, 2.45) is 0 Å². The van der Waals surface area contributed by atoms with Crippen LogP contribution in [0, 0.1) is 6.92 Å². The molecule has 0 aromatic heterocycles. The predicted molar refractivity (Wildman–Crippen MR) is 99.5 cm³/mol. The standard InChI is InChI=1S/C19H24N2O3S/c1-14-10-12-16(13-11-14)15(2)20-19(22)18(21(3)25(4,23)24)17-8-6-5-7-9-17/h5-13,15,18H,1-4H3,(H,20,22)/t15-,18-/m1/s1. The number of nitrogens with one attached hydrogen (secondary N) is 1. The maximum Gasteiger partial charge on any atom is 0.243 e. The number of amides is 1. The Morgan fingerprint density at radius 3 is 2.08 bits per heavy atom. The summed E-state index contributed by atoms with van der Waals surface area (Å²) in [5, 5.41) is 2.92. The van der Waals surface area contributed by atoms with E-state index in [1.165, 1.54) is 7.05 Å². The molecular formula is C19H24N2O3S. The molecule has 0 radical (unpaired) electrons. The first-order valence-electron chi connectivity index (χ1n) is 8.05. The molecule has 0 saturated heterocycles. The second-order valence-electron chi connectivity index (χ2n) is 6.23. The number of carbonyl (C=O) groups is 1. The third-order valence-electron chi connectivity index (χ3n) is 4.19. The van der Waals surface area contributed by atoms with Crippen molar-refractivity contribution in [1.29, 1.82) is 0 Å². The number of rotatable bonds is 6. The lowest BCUT2D eigenvalue weighted by molar-refractivity contribution is -0.125. The van der Waals surface area contributed by atoms with E-state index < -0.39 is 16.1 Å². The van der Waals surface area contributed by atoms with E-state index in [9.17, 15) is 13.2 Å². The second-order valence-corrected chi connectivity index (χ2v) is 8.28. The van der Waals surface area contributed by atoms with Gasteiger partial charge in [-0.1, -0.05) is 60.2 Å². The van der Waals surface area contributed by atoms with Crippen LogP contribution in [0.3, 0.4) is 0 Å². The Kier molecular flexibility index (Phi) is 5.98. The average molecular weight is 360 g/mol. The van der Waals surface area contributed by atoms with Crippen molar-refractivity contribution in [2.75, 3.05) is 13.3 Å². The van der Waals surface area contributed by atoms with E-state index in [1.54, 1.807) is 24.3 Å². The summed E-state index contributed by atoms with van der Waals surface area (Å²) in [5.74, 6) is -0.354. The molecule has 6 heteroatoms. The Labute approximate surface area is 149 Å². The van der Waals surface area contributed by atoms with Crippen LogP contribution in [0.1, 0.15) is 35.7 Å². The molecule has 0 bridgehead atoms. The third kappa shape index (κ3) is 4.90. The van der Waals surface area contributed by atoms with Crippen molar-refractivity contribution >= 4 is 15.9 Å². The van der Waals surface area contributed by atoms with E-state index in [0.717, 1.165) is 21.7 Å². The first kappa shape index (κ1) is 19.1. The molecule has 0 aliphatic heterocycles. The van der Waals surface area contributed by atoms with Crippen LogP contribution in [0.2, 0.25) is 0 Å². The number of likely N-dealkylation sites (N-methyl/N-ethyl adjacent to an activating group) is 1. The highest BCUT2D eigenvalue weighted by molar-refractivity contribution is 7.88. The van der Waals surface area contributed by atoms with Gasteiger partial charge in [0.2, 0.25) is 15.9 Å². The van der Waals surface area contributed by atoms with Crippen LogP contribution in [0.25, 0.3) is 0 Å². The molecule has 2 aromatic rings. The fourth-order valence-electron chi connectivity index (χ4n) is 2.58. The van der Waals surface area contributed by atoms with E-state index in [2.05, 4.69) is 5.32 Å². The quantitative estimate of drug-likeness (QED) is 0.861. The van der Waals surface area contributed by atoms with Gasteiger partial charge in [-0.15, -0.1) is 0 Å². The highest BCUT2D eigenvalue weighted by atomic mass is 32.2. The summed E-state index contributed by atoms with van der Waals surface area (Å²) in [4.78, 5) is 12.9. The smallest absolute Gasteiger partial charge is 0.243 e. The SMILES string of the molecule is Cc1ccc([C@@H](C)NC(=O)[C@@H](c2ccccc2)N(C)S(C)(=O)=O)cc1. The summed E-state index contributed by atoms with van der Waals surface area (Å²) in [6, 6.07) is 15.6. The number of carbonyl (C=O) groups excluding carboxylic acids is 1. The number of benzene rings is 2. The fourth-order valence-corrected chi connectivity index (χ4v) is 3.18. The molecule has 0 fully saturated rings. The van der Waals surface area contributed by atoms with Gasteiger partial charge in [-0.2, -0.15) is 4.31 Å². The number of hydrogen-bond acceptors (Lipinski definition) is 3. The van der Waals surface area contributed by atoms with E-state index >= 15 is 0 Å². The predicted octanol–water partition coefficient (Wildman–Crippen LogP) is 2.80. The minimum atomic E-state index is -3.53. The highest BCUT2D eigenvalue weighted by Gasteiger charge is 2.31. The minimum Gasteiger partial charge on any atom is -0.348 e. The first-order valence-corrected chi connectivity index (χ1v) is 9.90. The summed E-state index contributed by atoms with van der Waals surface area (Å²) >= 11 is 0. The Balaban J connectivity index is 2.28. The highest BCUT2D eigenvalue weighted by Crippen LogP contribution is 2.23. The maximum atomic E-state index is 12.9. The van der Waals surface area contributed by atoms with Gasteiger partial charge in [0, 0.05) is 7.05 Å². The third-order valence-corrected chi connectivity index (χ3v) is 5.44. The maximum absolute atomic E-state index is 12.9. The van der Waals surface area contributed by atoms with Crippen molar-refractivity contribution in [3.8, 4) is 0 Å². The topological polar surface area (TPSA) is 66.5 Å². The normalized spacial score (nSPS) is 14.1. The van der Waals surface area contributed by atoms with Gasteiger partial charge in [-0.3, -0.25) is 4.79 Å². The van der Waals surface area contributed by atoms with Crippen LogP contribution in [0.4, 0.5) is 0 Å². The summed E-state index contributed by atoms with van der Waals surface area (Å²) in [5.41, 5.74) is 2.73. The molecule has 0 heterocycles. The lowest BCUT2D eigenvalue weighted by Crippen LogP contribution is -2.42. The second kappa shape index (κ2) is 7.80. The zero-order chi connectivity index (χ0) is 18.6. The van der Waals surface area contributed by atoms with Crippen LogP contribution in [-0.2, 0) is 14.8 Å². The molecule has 25 heavy (non-hydrogen) atoms. The molecule has 0 spiro atoms. The zero-order valence-electron chi connectivity index (χ0n) is 14.9. The van der Waals surface area contributed by atoms with Gasteiger partial charge in [0.25, 0.3) is 0 Å². The summed E-state index contributed by atoms with van der Waals surface area (Å²) < 4.78 is 25.1. The molecule has 0 aliphatic rings. The fraction of sp³-hybridized carbons (Fsp3) is 0.316. The largest absolute Gasteiger partial charge is 0.348 e. The van der Waals surface area contributed by atoms with Crippen LogP contribution < -0.4 is 5.32 Å². The zero-order valence-corrected chi connectivity index (χ0v) is 15.7. The molecule has 0 saturated carbocycles. The molecule has 2 atom stereocenters. The first-order chi connectivity index (χ1) is 11.7. The summed E-state index contributed by atoms with van der Waals surface area (Å²) in [6.45, 7) is 3.88. The average Bonchev–Trinajstić information content (AvgIpc) is 2.55. The van der Waals surface area contributed by atoms with E-state index in [4.69, 9.17) is 0 Å². The molecular weight excluding hydrogens is 336 g/mol. The molecule has 0 unspecified atom stereocenters. The van der Waals surface area contributed by atoms with Gasteiger partial charge < -0.3 is 5.32 Å². The minimum absolute atomic E-state index is 0.229. The van der Waals surface area contributed by atoms with Gasteiger partial charge in [-0.05, 0) is 25.0 Å². The number of nitrogens with zero attached hydrogens (tertiary/aromatic N) is 1. The number of aryl methyl sites for hydroxylation is 1. The van der Waals surface area contributed by atoms with Crippen LogP contribution >= 0.6 is 0 Å². The monoisotopic (exact) mass is 360 g/mol. The lowest BCUT2D eigenvalue weighted by Gasteiger charge is -2.27. The van der Waals surface area contributed by atoms with E-state index in [1.807, 2.05) is 44.2 Å². The number of sulfonamides is 1. The van der Waals surface area contributed by atoms with Gasteiger partial charge >= 0.3 is 0 Å². The molecule has 5 nitrogen and oxygen atoms in total. The molecule has 1 N–H and O–H groups in total. The van der Waals surface area contributed by atoms with E-state index in [-0.39, 0.29) is 11.9 Å². The summed E-state index contributed by atoms with van der Waals surface area (Å²) in [6.07, 6.45) is 1.10. The Morgan fingerprint density at radius 2 is 1.56 bits per heavy atom. The Hall–Kier alpha value is -2.18. The van der Waals surface area contributed by atoms with Crippen molar-refractivity contribution in [3.05, 3.63) is 71.3 Å². The van der Waals surface area contributed by atoms with Gasteiger partial charge in [0.1, 0.15) is 6.04 Å². The van der Waals surface area contributed by atoms with Gasteiger partial charge in [0.15, 0.2) is 0 Å². The van der Waals surface area contributed by atoms with Gasteiger partial charge in [0.05, 0.1) is 12.3 Å². The molecule has 134 valence electrons. The lowest BCUT2D eigenvalue weighted by atomic mass is 10.0. The Morgan fingerprint density at radius 1 is 1.00 bits per heavy atom. The molecule has 0 aliphatic carbocycles. The van der Waals surface area contributed by atoms with Crippen molar-refractivity contribution in [3.63, 3.8) is 0 Å². The van der Waals surface area contributed by atoms with Crippen LogP contribution in [0.15, 0.2) is 54.6 Å². The van der Waals surface area contributed by atoms with E-state index in [0.29, 0.717) is 5.56 Å². The molecule has 2 rings (SSSR count). The van der Waals surface area contributed by atoms with Gasteiger partial charge in [-0.25, -0.2) is 8.42 Å². The summed E-state index contributed by atoms with van der Waals surface area (Å²) in [7, 11) is -2.11. The molecule has 1 amide bonds. The van der Waals surface area contributed by atoms with Crippen LogP contribution in [-0.4, -0.2) is 31.9 Å². The molecule has 2 aromatic carbocycles. The van der Waals surface area contributed by atoms with Crippen molar-refractivity contribution < 1.29 is 13.2 Å². The van der Waals surface area contributed by atoms with Crippen molar-refractivity contribution in [1.82, 2.24) is 9.62 Å². The van der Waals surface area contributed by atoms with Crippen LogP contribution in [0.5, 0.6) is 0 Å². The van der Waals surface area contributed by atoms with Crippen molar-refractivity contribution in [2.45, 2.75) is 25.9 Å².